The first-order valence-corrected chi connectivity index (χ1v) is 5.69. The molecule has 0 amide bonds. The van der Waals surface area contributed by atoms with E-state index in [0.717, 1.165) is 0 Å². The van der Waals surface area contributed by atoms with Crippen LogP contribution in [0.1, 0.15) is 24.3 Å². The molecule has 1 saturated carbocycles. The molecule has 3 rings (SSSR count). The second-order valence-corrected chi connectivity index (χ2v) is 4.42. The zero-order valence-electron chi connectivity index (χ0n) is 9.23. The number of hydrogen-bond acceptors (Lipinski definition) is 2. The van der Waals surface area contributed by atoms with Crippen LogP contribution in [-0.4, -0.2) is 10.1 Å². The molecule has 0 saturated heterocycles. The number of phenolic OH excluding ortho intramolecular Hbond substituents is 1. The van der Waals surface area contributed by atoms with Crippen LogP contribution in [0.25, 0.3) is 11.3 Å². The molecule has 1 N–H and O–H groups in total. The summed E-state index contributed by atoms with van der Waals surface area (Å²) in [5.74, 6) is 0.328. The van der Waals surface area contributed by atoms with Gasteiger partial charge in [-0.25, -0.2) is 4.39 Å². The molecule has 86 valence electrons. The van der Waals surface area contributed by atoms with E-state index in [4.69, 9.17) is 0 Å². The van der Waals surface area contributed by atoms with Gasteiger partial charge in [-0.3, -0.25) is 4.98 Å². The Morgan fingerprint density at radius 2 is 2.00 bits per heavy atom. The van der Waals surface area contributed by atoms with Crippen molar-refractivity contribution in [3.63, 3.8) is 0 Å². The van der Waals surface area contributed by atoms with Crippen molar-refractivity contribution in [1.82, 2.24) is 4.98 Å². The molecule has 2 aromatic rings. The molecule has 0 radical (unpaired) electrons. The lowest BCUT2D eigenvalue weighted by Crippen LogP contribution is -1.89. The topological polar surface area (TPSA) is 33.1 Å². The van der Waals surface area contributed by atoms with Crippen molar-refractivity contribution in [2.75, 3.05) is 0 Å². The Bertz CT molecular complexity index is 547. The zero-order valence-corrected chi connectivity index (χ0v) is 9.23. The van der Waals surface area contributed by atoms with Crippen molar-refractivity contribution in [3.8, 4) is 17.0 Å². The van der Waals surface area contributed by atoms with Gasteiger partial charge in [0.05, 0.1) is 5.69 Å². The van der Waals surface area contributed by atoms with Crippen LogP contribution in [0, 0.1) is 5.82 Å². The number of hydrogen-bond donors (Lipinski definition) is 1. The monoisotopic (exact) mass is 229 g/mol. The standard InChI is InChI=1S/C14H12FNO/c15-13-5-4-11(17)7-12(13)14-6-3-10(8-16-14)9-1-2-9/h3-9,17H,1-2H2. The fraction of sp³-hybridized carbons (Fsp3) is 0.214. The van der Waals surface area contributed by atoms with Crippen LogP contribution in [0.5, 0.6) is 5.75 Å². The van der Waals surface area contributed by atoms with Crippen LogP contribution in [0.15, 0.2) is 36.5 Å². The minimum Gasteiger partial charge on any atom is -0.508 e. The molecule has 1 heterocycles. The summed E-state index contributed by atoms with van der Waals surface area (Å²) in [5.41, 5.74) is 2.12. The number of phenols is 1. The lowest BCUT2D eigenvalue weighted by Gasteiger charge is -2.04. The van der Waals surface area contributed by atoms with Crippen molar-refractivity contribution in [3.05, 3.63) is 47.9 Å². The van der Waals surface area contributed by atoms with Gasteiger partial charge in [0, 0.05) is 11.8 Å². The van der Waals surface area contributed by atoms with Gasteiger partial charge in [0.25, 0.3) is 0 Å². The van der Waals surface area contributed by atoms with Crippen LogP contribution in [0.2, 0.25) is 0 Å². The lowest BCUT2D eigenvalue weighted by atomic mass is 10.1. The minimum absolute atomic E-state index is 0.0504. The van der Waals surface area contributed by atoms with Gasteiger partial charge in [0.15, 0.2) is 0 Å². The maximum absolute atomic E-state index is 13.6. The second-order valence-electron chi connectivity index (χ2n) is 4.42. The van der Waals surface area contributed by atoms with E-state index in [0.29, 0.717) is 17.2 Å². The van der Waals surface area contributed by atoms with Crippen LogP contribution >= 0.6 is 0 Å². The number of halogens is 1. The SMILES string of the molecule is Oc1ccc(F)c(-c2ccc(C3CC3)cn2)c1. The van der Waals surface area contributed by atoms with E-state index in [1.54, 1.807) is 6.20 Å². The number of aromatic hydroxyl groups is 1. The molecule has 1 fully saturated rings. The summed E-state index contributed by atoms with van der Waals surface area (Å²) >= 11 is 0. The van der Waals surface area contributed by atoms with Gasteiger partial charge in [-0.15, -0.1) is 0 Å². The molecule has 0 aliphatic heterocycles. The van der Waals surface area contributed by atoms with E-state index in [9.17, 15) is 9.50 Å². The van der Waals surface area contributed by atoms with Gasteiger partial charge in [0.1, 0.15) is 11.6 Å². The molecule has 0 bridgehead atoms. The van der Waals surface area contributed by atoms with E-state index >= 15 is 0 Å². The van der Waals surface area contributed by atoms with E-state index in [-0.39, 0.29) is 11.6 Å². The highest BCUT2D eigenvalue weighted by molar-refractivity contribution is 5.62. The summed E-state index contributed by atoms with van der Waals surface area (Å²) in [6.07, 6.45) is 4.25. The summed E-state index contributed by atoms with van der Waals surface area (Å²) in [7, 11) is 0. The first-order valence-electron chi connectivity index (χ1n) is 5.69. The number of nitrogens with zero attached hydrogens (tertiary/aromatic N) is 1. The highest BCUT2D eigenvalue weighted by Crippen LogP contribution is 2.40. The summed E-state index contributed by atoms with van der Waals surface area (Å²) in [6, 6.07) is 7.78. The van der Waals surface area contributed by atoms with Crippen LogP contribution in [0.4, 0.5) is 4.39 Å². The van der Waals surface area contributed by atoms with E-state index < -0.39 is 0 Å². The molecule has 0 spiro atoms. The van der Waals surface area contributed by atoms with Gasteiger partial charge in [0.2, 0.25) is 0 Å². The van der Waals surface area contributed by atoms with Gasteiger partial charge in [-0.1, -0.05) is 6.07 Å². The third kappa shape index (κ3) is 2.00. The average molecular weight is 229 g/mol. The molecule has 1 aliphatic rings. The normalized spacial score (nSPS) is 14.9. The predicted octanol–water partition coefficient (Wildman–Crippen LogP) is 3.47. The Morgan fingerprint density at radius 1 is 1.18 bits per heavy atom. The summed E-state index contributed by atoms with van der Waals surface area (Å²) in [5, 5.41) is 9.36. The Morgan fingerprint density at radius 3 is 2.65 bits per heavy atom. The molecule has 2 nitrogen and oxygen atoms in total. The van der Waals surface area contributed by atoms with Crippen molar-refractivity contribution < 1.29 is 9.50 Å². The van der Waals surface area contributed by atoms with Crippen LogP contribution in [-0.2, 0) is 0 Å². The molecular weight excluding hydrogens is 217 g/mol. The third-order valence-electron chi connectivity index (χ3n) is 3.06. The Balaban J connectivity index is 1.99. The second kappa shape index (κ2) is 3.84. The first-order chi connectivity index (χ1) is 8.24. The molecule has 1 aromatic carbocycles. The lowest BCUT2D eigenvalue weighted by molar-refractivity contribution is 0.473. The maximum atomic E-state index is 13.6. The van der Waals surface area contributed by atoms with E-state index in [1.165, 1.54) is 36.6 Å². The van der Waals surface area contributed by atoms with Crippen molar-refractivity contribution in [1.29, 1.82) is 0 Å². The smallest absolute Gasteiger partial charge is 0.132 e. The summed E-state index contributed by atoms with van der Waals surface area (Å²) < 4.78 is 13.6. The van der Waals surface area contributed by atoms with E-state index in [1.807, 2.05) is 12.1 Å². The molecule has 17 heavy (non-hydrogen) atoms. The molecular formula is C14H12FNO. The molecule has 3 heteroatoms. The number of benzene rings is 1. The summed E-state index contributed by atoms with van der Waals surface area (Å²) in [6.45, 7) is 0. The fourth-order valence-electron chi connectivity index (χ4n) is 1.93. The van der Waals surface area contributed by atoms with Gasteiger partial charge < -0.3 is 5.11 Å². The highest BCUT2D eigenvalue weighted by atomic mass is 19.1. The average Bonchev–Trinajstić information content (AvgIpc) is 3.17. The van der Waals surface area contributed by atoms with Gasteiger partial charge in [-0.05, 0) is 48.6 Å². The minimum atomic E-state index is -0.366. The quantitative estimate of drug-likeness (QED) is 0.855. The third-order valence-corrected chi connectivity index (χ3v) is 3.06. The Hall–Kier alpha value is -1.90. The van der Waals surface area contributed by atoms with Crippen molar-refractivity contribution in [2.45, 2.75) is 18.8 Å². The number of rotatable bonds is 2. The Kier molecular flexibility index (Phi) is 2.32. The molecule has 0 unspecified atom stereocenters. The highest BCUT2D eigenvalue weighted by Gasteiger charge is 2.23. The number of pyridine rings is 1. The van der Waals surface area contributed by atoms with Crippen LogP contribution < -0.4 is 0 Å². The molecule has 0 atom stereocenters. The molecule has 1 aliphatic carbocycles. The molecule has 1 aromatic heterocycles. The van der Waals surface area contributed by atoms with E-state index in [2.05, 4.69) is 4.98 Å². The van der Waals surface area contributed by atoms with Crippen LogP contribution in [0.3, 0.4) is 0 Å². The zero-order chi connectivity index (χ0) is 11.8. The van der Waals surface area contributed by atoms with Gasteiger partial charge in [-0.2, -0.15) is 0 Å². The first kappa shape index (κ1) is 10.3. The number of aromatic nitrogens is 1. The predicted molar refractivity (Wildman–Crippen MR) is 63.3 cm³/mol. The maximum Gasteiger partial charge on any atom is 0.132 e. The fourth-order valence-corrected chi connectivity index (χ4v) is 1.93. The van der Waals surface area contributed by atoms with Crippen molar-refractivity contribution >= 4 is 0 Å². The van der Waals surface area contributed by atoms with Gasteiger partial charge >= 0.3 is 0 Å². The summed E-state index contributed by atoms with van der Waals surface area (Å²) in [4.78, 5) is 4.26. The Labute approximate surface area is 98.8 Å². The largest absolute Gasteiger partial charge is 0.508 e. The van der Waals surface area contributed by atoms with Crippen molar-refractivity contribution in [2.24, 2.45) is 0 Å².